The third-order valence-corrected chi connectivity index (χ3v) is 5.26. The van der Waals surface area contributed by atoms with Gasteiger partial charge in [-0.05, 0) is 32.0 Å². The Labute approximate surface area is 130 Å². The van der Waals surface area contributed by atoms with Crippen molar-refractivity contribution < 1.29 is 26.5 Å². The average molecular weight is 353 g/mol. The summed E-state index contributed by atoms with van der Waals surface area (Å²) in [6.07, 6.45) is -5.79. The van der Waals surface area contributed by atoms with Crippen molar-refractivity contribution in [3.8, 4) is 0 Å². The van der Waals surface area contributed by atoms with Gasteiger partial charge in [-0.3, -0.25) is 10.1 Å². The Morgan fingerprint density at radius 2 is 1.78 bits per heavy atom. The lowest BCUT2D eigenvalue weighted by atomic mass is 9.89. The zero-order chi connectivity index (χ0) is 17.3. The van der Waals surface area contributed by atoms with Crippen LogP contribution in [-0.2, 0) is 10.0 Å². The fourth-order valence-electron chi connectivity index (χ4n) is 2.44. The molecule has 0 saturated carbocycles. The van der Waals surface area contributed by atoms with E-state index in [-0.39, 0.29) is 13.1 Å². The Hall–Kier alpha value is -1.72. The fourth-order valence-corrected chi connectivity index (χ4v) is 4.06. The van der Waals surface area contributed by atoms with Crippen molar-refractivity contribution >= 4 is 15.7 Å². The monoisotopic (exact) mass is 353 g/mol. The van der Waals surface area contributed by atoms with Crippen LogP contribution in [0.5, 0.6) is 0 Å². The predicted molar refractivity (Wildman–Crippen MR) is 74.3 cm³/mol. The van der Waals surface area contributed by atoms with E-state index in [0.717, 1.165) is 12.1 Å². The first-order valence-corrected chi connectivity index (χ1v) is 8.12. The van der Waals surface area contributed by atoms with Crippen molar-refractivity contribution in [2.75, 3.05) is 13.1 Å². The number of sulfonamides is 1. The number of alkyl halides is 3. The van der Waals surface area contributed by atoms with Gasteiger partial charge < -0.3 is 5.32 Å². The van der Waals surface area contributed by atoms with Gasteiger partial charge in [-0.1, -0.05) is 12.1 Å². The van der Waals surface area contributed by atoms with Gasteiger partial charge >= 0.3 is 6.18 Å². The van der Waals surface area contributed by atoms with E-state index in [2.05, 4.69) is 5.32 Å². The summed E-state index contributed by atoms with van der Waals surface area (Å²) in [5.74, 6) is 0. The van der Waals surface area contributed by atoms with Gasteiger partial charge in [0.2, 0.25) is 10.0 Å². The molecule has 0 atom stereocenters. The number of para-hydroxylation sites is 1. The molecule has 1 saturated heterocycles. The van der Waals surface area contributed by atoms with Crippen LogP contribution in [0.1, 0.15) is 12.8 Å². The SMILES string of the molecule is O=[N+]([O-])c1ccccc1S(=O)(=O)NC1(C(F)(F)F)CCNCC1. The number of halogens is 3. The molecule has 1 aromatic rings. The Kier molecular flexibility index (Phi) is 4.64. The minimum Gasteiger partial charge on any atom is -0.317 e. The number of benzene rings is 1. The van der Waals surface area contributed by atoms with E-state index >= 15 is 0 Å². The molecule has 7 nitrogen and oxygen atoms in total. The van der Waals surface area contributed by atoms with Crippen LogP contribution >= 0.6 is 0 Å². The molecule has 1 fully saturated rings. The van der Waals surface area contributed by atoms with Gasteiger partial charge in [-0.25, -0.2) is 8.42 Å². The number of nitrogens with zero attached hydrogens (tertiary/aromatic N) is 1. The van der Waals surface area contributed by atoms with Crippen molar-refractivity contribution in [2.45, 2.75) is 29.5 Å². The molecule has 0 aromatic heterocycles. The molecule has 0 spiro atoms. The summed E-state index contributed by atoms with van der Waals surface area (Å²) in [6.45, 7) is -0.0299. The van der Waals surface area contributed by atoms with Gasteiger partial charge in [0.05, 0.1) is 4.92 Å². The Morgan fingerprint density at radius 1 is 1.22 bits per heavy atom. The number of piperidine rings is 1. The zero-order valence-corrected chi connectivity index (χ0v) is 12.6. The summed E-state index contributed by atoms with van der Waals surface area (Å²) in [4.78, 5) is 9.19. The van der Waals surface area contributed by atoms with Crippen LogP contribution in [0.15, 0.2) is 29.2 Å². The van der Waals surface area contributed by atoms with E-state index in [4.69, 9.17) is 0 Å². The highest BCUT2D eigenvalue weighted by Gasteiger charge is 2.57. The molecule has 23 heavy (non-hydrogen) atoms. The van der Waals surface area contributed by atoms with Gasteiger partial charge in [0, 0.05) is 6.07 Å². The first-order chi connectivity index (χ1) is 10.6. The van der Waals surface area contributed by atoms with E-state index in [1.165, 1.54) is 12.1 Å². The minimum atomic E-state index is -4.81. The van der Waals surface area contributed by atoms with Gasteiger partial charge in [0.15, 0.2) is 4.90 Å². The second-order valence-corrected chi connectivity index (χ2v) is 6.81. The Balaban J connectivity index is 2.46. The molecule has 0 amide bonds. The van der Waals surface area contributed by atoms with E-state index in [1.54, 1.807) is 4.72 Å². The van der Waals surface area contributed by atoms with Gasteiger partial charge in [0.1, 0.15) is 5.54 Å². The number of nitro groups is 1. The van der Waals surface area contributed by atoms with Crippen LogP contribution in [0.25, 0.3) is 0 Å². The van der Waals surface area contributed by atoms with Crippen molar-refractivity contribution in [3.63, 3.8) is 0 Å². The summed E-state index contributed by atoms with van der Waals surface area (Å²) in [5, 5.41) is 13.6. The number of nitro benzene ring substituents is 1. The third-order valence-electron chi connectivity index (χ3n) is 3.68. The smallest absolute Gasteiger partial charge is 0.317 e. The van der Waals surface area contributed by atoms with Gasteiger partial charge in [-0.2, -0.15) is 17.9 Å². The van der Waals surface area contributed by atoms with Crippen LogP contribution < -0.4 is 10.0 Å². The van der Waals surface area contributed by atoms with Crippen LogP contribution in [0.4, 0.5) is 18.9 Å². The molecule has 0 bridgehead atoms. The summed E-state index contributed by atoms with van der Waals surface area (Å²) >= 11 is 0. The largest absolute Gasteiger partial charge is 0.407 e. The first kappa shape index (κ1) is 17.6. The lowest BCUT2D eigenvalue weighted by molar-refractivity contribution is -0.387. The van der Waals surface area contributed by atoms with E-state index in [0.29, 0.717) is 0 Å². The molecule has 2 rings (SSSR count). The highest BCUT2D eigenvalue weighted by atomic mass is 32.2. The summed E-state index contributed by atoms with van der Waals surface area (Å²) < 4.78 is 66.6. The molecule has 1 aliphatic rings. The molecule has 128 valence electrons. The van der Waals surface area contributed by atoms with E-state index in [1.807, 2.05) is 0 Å². The topological polar surface area (TPSA) is 101 Å². The number of nitrogens with one attached hydrogen (secondary N) is 2. The van der Waals surface area contributed by atoms with Crippen molar-refractivity contribution in [3.05, 3.63) is 34.4 Å². The standard InChI is InChI=1S/C12H14F3N3O4S/c13-12(14,15)11(5-7-16-8-6-11)17-23(21,22)10-4-2-1-3-9(10)18(19)20/h1-4,16-17H,5-8H2. The average Bonchev–Trinajstić information content (AvgIpc) is 2.46. The lowest BCUT2D eigenvalue weighted by Crippen LogP contribution is -2.62. The molecule has 1 aliphatic heterocycles. The van der Waals surface area contributed by atoms with Crippen molar-refractivity contribution in [1.29, 1.82) is 0 Å². The van der Waals surface area contributed by atoms with E-state index in [9.17, 15) is 31.7 Å². The summed E-state index contributed by atoms with van der Waals surface area (Å²) in [5.41, 5.74) is -3.41. The molecule has 0 aliphatic carbocycles. The zero-order valence-electron chi connectivity index (χ0n) is 11.8. The number of rotatable bonds is 4. The van der Waals surface area contributed by atoms with Crippen LogP contribution in [0.3, 0.4) is 0 Å². The summed E-state index contributed by atoms with van der Waals surface area (Å²) in [7, 11) is -4.72. The minimum absolute atomic E-state index is 0.0150. The van der Waals surface area contributed by atoms with Crippen molar-refractivity contribution in [2.24, 2.45) is 0 Å². The maximum absolute atomic E-state index is 13.4. The highest BCUT2D eigenvalue weighted by Crippen LogP contribution is 2.39. The maximum Gasteiger partial charge on any atom is 0.407 e. The second kappa shape index (κ2) is 6.06. The first-order valence-electron chi connectivity index (χ1n) is 6.64. The van der Waals surface area contributed by atoms with Crippen LogP contribution in [0.2, 0.25) is 0 Å². The predicted octanol–water partition coefficient (Wildman–Crippen LogP) is 1.56. The quantitative estimate of drug-likeness (QED) is 0.632. The molecule has 0 unspecified atom stereocenters. The number of hydrogen-bond donors (Lipinski definition) is 2. The molecule has 1 heterocycles. The maximum atomic E-state index is 13.4. The highest BCUT2D eigenvalue weighted by molar-refractivity contribution is 7.89. The summed E-state index contributed by atoms with van der Waals surface area (Å²) in [6, 6.07) is 4.29. The molecular weight excluding hydrogens is 339 g/mol. The molecular formula is C12H14F3N3O4S. The van der Waals surface area contributed by atoms with E-state index < -0.39 is 50.1 Å². The van der Waals surface area contributed by atoms with Gasteiger partial charge in [-0.15, -0.1) is 0 Å². The third kappa shape index (κ3) is 3.46. The molecule has 11 heteroatoms. The van der Waals surface area contributed by atoms with Crippen LogP contribution in [-0.4, -0.2) is 38.1 Å². The van der Waals surface area contributed by atoms with Crippen molar-refractivity contribution in [1.82, 2.24) is 10.0 Å². The van der Waals surface area contributed by atoms with Crippen LogP contribution in [0, 0.1) is 10.1 Å². The molecule has 2 N–H and O–H groups in total. The second-order valence-electron chi connectivity index (χ2n) is 5.16. The fraction of sp³-hybridized carbons (Fsp3) is 0.500. The normalized spacial score (nSPS) is 18.6. The Morgan fingerprint density at radius 3 is 2.30 bits per heavy atom. The van der Waals surface area contributed by atoms with Gasteiger partial charge in [0.25, 0.3) is 5.69 Å². The lowest BCUT2D eigenvalue weighted by Gasteiger charge is -2.39. The molecule has 1 aromatic carbocycles. The number of hydrogen-bond acceptors (Lipinski definition) is 5. The Bertz CT molecular complexity index is 700. The molecule has 0 radical (unpaired) electrons.